The molecule has 0 saturated heterocycles. The summed E-state index contributed by atoms with van der Waals surface area (Å²) in [6.07, 6.45) is 0. The molecule has 0 amide bonds. The average Bonchev–Trinajstić information content (AvgIpc) is 2.17. The minimum absolute atomic E-state index is 0.332. The van der Waals surface area contributed by atoms with Gasteiger partial charge < -0.3 is 5.32 Å². The Balaban J connectivity index is 2.77. The van der Waals surface area contributed by atoms with Crippen molar-refractivity contribution in [3.63, 3.8) is 0 Å². The summed E-state index contributed by atoms with van der Waals surface area (Å²) in [5, 5.41) is 3.12. The number of halogens is 1. The highest BCUT2D eigenvalue weighted by atomic mass is 19.1. The van der Waals surface area contributed by atoms with E-state index < -0.39 is 0 Å². The highest BCUT2D eigenvalue weighted by Crippen LogP contribution is 2.12. The van der Waals surface area contributed by atoms with Gasteiger partial charge in [-0.15, -0.1) is 0 Å². The van der Waals surface area contributed by atoms with Crippen molar-refractivity contribution in [3.8, 4) is 0 Å². The lowest BCUT2D eigenvalue weighted by Crippen LogP contribution is -2.11. The zero-order chi connectivity index (χ0) is 8.97. The van der Waals surface area contributed by atoms with Gasteiger partial charge in [0, 0.05) is 6.04 Å². The third-order valence-corrected chi connectivity index (χ3v) is 2.07. The van der Waals surface area contributed by atoms with Gasteiger partial charge in [-0.3, -0.25) is 0 Å². The monoisotopic (exact) mass is 167 g/mol. The first-order valence-corrected chi connectivity index (χ1v) is 4.10. The van der Waals surface area contributed by atoms with E-state index >= 15 is 0 Å². The first kappa shape index (κ1) is 9.20. The van der Waals surface area contributed by atoms with Crippen LogP contribution in [0.5, 0.6) is 0 Å². The van der Waals surface area contributed by atoms with Crippen LogP contribution in [-0.2, 0) is 6.67 Å². The molecule has 0 unspecified atom stereocenters. The maximum atomic E-state index is 12.1. The van der Waals surface area contributed by atoms with Crippen molar-refractivity contribution in [2.75, 3.05) is 7.05 Å². The van der Waals surface area contributed by atoms with E-state index in [1.54, 1.807) is 0 Å². The van der Waals surface area contributed by atoms with Crippen molar-refractivity contribution in [2.45, 2.75) is 19.6 Å². The molecule has 0 saturated carbocycles. The van der Waals surface area contributed by atoms with Gasteiger partial charge in [0.05, 0.1) is 0 Å². The molecule has 1 rings (SSSR count). The third kappa shape index (κ3) is 2.05. The fourth-order valence-electron chi connectivity index (χ4n) is 1.06. The first-order chi connectivity index (χ1) is 5.77. The molecular formula is C10H14FN. The van der Waals surface area contributed by atoms with E-state index in [1.807, 2.05) is 31.3 Å². The van der Waals surface area contributed by atoms with Crippen molar-refractivity contribution >= 4 is 0 Å². The summed E-state index contributed by atoms with van der Waals surface area (Å²) in [6, 6.07) is 7.89. The van der Waals surface area contributed by atoms with Gasteiger partial charge in [0.25, 0.3) is 0 Å². The lowest BCUT2D eigenvalue weighted by molar-refractivity contribution is 0.485. The van der Waals surface area contributed by atoms with Crippen molar-refractivity contribution in [1.29, 1.82) is 0 Å². The Bertz CT molecular complexity index is 230. The Labute approximate surface area is 72.6 Å². The molecule has 1 N–H and O–H groups in total. The van der Waals surface area contributed by atoms with Crippen LogP contribution < -0.4 is 5.32 Å². The second-order valence-corrected chi connectivity index (χ2v) is 2.89. The topological polar surface area (TPSA) is 12.0 Å². The van der Waals surface area contributed by atoms with Crippen molar-refractivity contribution in [2.24, 2.45) is 0 Å². The number of benzene rings is 1. The maximum absolute atomic E-state index is 12.1. The lowest BCUT2D eigenvalue weighted by Gasteiger charge is -2.10. The lowest BCUT2D eigenvalue weighted by atomic mass is 10.1. The van der Waals surface area contributed by atoms with E-state index in [0.717, 1.165) is 5.56 Å². The molecule has 0 radical (unpaired) electrons. The van der Waals surface area contributed by atoms with Gasteiger partial charge >= 0.3 is 0 Å². The predicted molar refractivity (Wildman–Crippen MR) is 48.7 cm³/mol. The molecule has 0 aromatic heterocycles. The number of alkyl halides is 1. The van der Waals surface area contributed by atoms with E-state index in [9.17, 15) is 4.39 Å². The van der Waals surface area contributed by atoms with E-state index in [2.05, 4.69) is 12.2 Å². The number of hydrogen-bond donors (Lipinski definition) is 1. The number of hydrogen-bond acceptors (Lipinski definition) is 1. The zero-order valence-electron chi connectivity index (χ0n) is 7.47. The normalized spacial score (nSPS) is 12.9. The largest absolute Gasteiger partial charge is 0.313 e. The van der Waals surface area contributed by atoms with Crippen LogP contribution in [0.1, 0.15) is 24.1 Å². The van der Waals surface area contributed by atoms with Gasteiger partial charge in [-0.05, 0) is 25.1 Å². The Kier molecular flexibility index (Phi) is 3.23. The molecule has 1 nitrogen and oxygen atoms in total. The zero-order valence-corrected chi connectivity index (χ0v) is 7.47. The highest BCUT2D eigenvalue weighted by Gasteiger charge is 2.00. The van der Waals surface area contributed by atoms with E-state index in [-0.39, 0.29) is 6.67 Å². The number of rotatable bonds is 3. The molecule has 2 heteroatoms. The predicted octanol–water partition coefficient (Wildman–Crippen LogP) is 2.44. The summed E-state index contributed by atoms with van der Waals surface area (Å²) in [4.78, 5) is 0. The molecular weight excluding hydrogens is 153 g/mol. The van der Waals surface area contributed by atoms with Crippen LogP contribution >= 0.6 is 0 Å². The summed E-state index contributed by atoms with van der Waals surface area (Å²) >= 11 is 0. The van der Waals surface area contributed by atoms with Crippen LogP contribution in [0.15, 0.2) is 24.3 Å². The second-order valence-electron chi connectivity index (χ2n) is 2.89. The van der Waals surface area contributed by atoms with Gasteiger partial charge in [0.15, 0.2) is 0 Å². The summed E-state index contributed by atoms with van der Waals surface area (Å²) in [5.41, 5.74) is 1.93. The van der Waals surface area contributed by atoms with Crippen LogP contribution in [0.25, 0.3) is 0 Å². The van der Waals surface area contributed by atoms with Gasteiger partial charge in [-0.2, -0.15) is 0 Å². The van der Waals surface area contributed by atoms with E-state index in [1.165, 1.54) is 5.56 Å². The molecule has 0 fully saturated rings. The summed E-state index contributed by atoms with van der Waals surface area (Å²) < 4.78 is 12.1. The molecule has 1 atom stereocenters. The van der Waals surface area contributed by atoms with Crippen LogP contribution in [-0.4, -0.2) is 7.05 Å². The molecule has 12 heavy (non-hydrogen) atoms. The Morgan fingerprint density at radius 1 is 1.33 bits per heavy atom. The summed E-state index contributed by atoms with van der Waals surface area (Å²) in [6.45, 7) is 1.69. The van der Waals surface area contributed by atoms with Gasteiger partial charge in [0.2, 0.25) is 0 Å². The summed E-state index contributed by atoms with van der Waals surface area (Å²) in [7, 11) is 1.91. The standard InChI is InChI=1S/C10H14FN/c1-8(12-2)10-5-3-9(7-11)4-6-10/h3-6,8,12H,7H2,1-2H3/t8-/m1/s1. The van der Waals surface area contributed by atoms with E-state index in [0.29, 0.717) is 6.04 Å². The second kappa shape index (κ2) is 4.21. The summed E-state index contributed by atoms with van der Waals surface area (Å²) in [5.74, 6) is 0. The molecule has 0 aliphatic rings. The third-order valence-electron chi connectivity index (χ3n) is 2.07. The molecule has 0 aliphatic heterocycles. The molecule has 0 aliphatic carbocycles. The first-order valence-electron chi connectivity index (χ1n) is 4.10. The van der Waals surface area contributed by atoms with Gasteiger partial charge in [0.1, 0.15) is 6.67 Å². The maximum Gasteiger partial charge on any atom is 0.115 e. The van der Waals surface area contributed by atoms with Crippen molar-refractivity contribution in [1.82, 2.24) is 5.32 Å². The minimum atomic E-state index is -0.381. The Morgan fingerprint density at radius 2 is 1.92 bits per heavy atom. The van der Waals surface area contributed by atoms with Crippen LogP contribution in [0.4, 0.5) is 4.39 Å². The Morgan fingerprint density at radius 3 is 2.33 bits per heavy atom. The Hall–Kier alpha value is -0.890. The molecule has 66 valence electrons. The molecule has 0 bridgehead atoms. The molecule has 0 spiro atoms. The van der Waals surface area contributed by atoms with E-state index in [4.69, 9.17) is 0 Å². The average molecular weight is 167 g/mol. The van der Waals surface area contributed by atoms with Crippen molar-refractivity contribution < 1.29 is 4.39 Å². The quantitative estimate of drug-likeness (QED) is 0.729. The fourth-order valence-corrected chi connectivity index (χ4v) is 1.06. The van der Waals surface area contributed by atoms with Crippen molar-refractivity contribution in [3.05, 3.63) is 35.4 Å². The van der Waals surface area contributed by atoms with Gasteiger partial charge in [-0.1, -0.05) is 24.3 Å². The smallest absolute Gasteiger partial charge is 0.115 e. The minimum Gasteiger partial charge on any atom is -0.313 e. The van der Waals surface area contributed by atoms with Crippen LogP contribution in [0, 0.1) is 0 Å². The molecule has 1 aromatic rings. The molecule has 0 heterocycles. The van der Waals surface area contributed by atoms with Crippen LogP contribution in [0.3, 0.4) is 0 Å². The molecule has 1 aromatic carbocycles. The van der Waals surface area contributed by atoms with Crippen LogP contribution in [0.2, 0.25) is 0 Å². The van der Waals surface area contributed by atoms with Gasteiger partial charge in [-0.25, -0.2) is 4.39 Å². The fraction of sp³-hybridized carbons (Fsp3) is 0.400. The SMILES string of the molecule is CN[C@H](C)c1ccc(CF)cc1. The highest BCUT2D eigenvalue weighted by molar-refractivity contribution is 5.24. The number of nitrogens with one attached hydrogen (secondary N) is 1.